The molecule has 1 fully saturated rings. The van der Waals surface area contributed by atoms with Crippen molar-refractivity contribution >= 4 is 21.6 Å². The molecule has 1 amide bonds. The summed E-state index contributed by atoms with van der Waals surface area (Å²) in [5, 5.41) is 2.82. The Bertz CT molecular complexity index is 662. The summed E-state index contributed by atoms with van der Waals surface area (Å²) in [4.78, 5) is 12.0. The largest absolute Gasteiger partial charge is 0.376 e. The van der Waals surface area contributed by atoms with Crippen LogP contribution in [0.1, 0.15) is 30.4 Å². The van der Waals surface area contributed by atoms with Gasteiger partial charge in [0.05, 0.1) is 18.0 Å². The second-order valence-electron chi connectivity index (χ2n) is 6.37. The first kappa shape index (κ1) is 18.7. The van der Waals surface area contributed by atoms with Gasteiger partial charge in [0, 0.05) is 26.1 Å². The normalized spacial score (nSPS) is 17.7. The van der Waals surface area contributed by atoms with E-state index in [1.165, 1.54) is 4.31 Å². The number of sulfonamides is 1. The van der Waals surface area contributed by atoms with Gasteiger partial charge >= 0.3 is 0 Å². The molecule has 1 saturated heterocycles. The Kier molecular flexibility index (Phi) is 6.23. The van der Waals surface area contributed by atoms with E-state index in [0.29, 0.717) is 12.2 Å². The average Bonchev–Trinajstić information content (AvgIpc) is 2.96. The number of hydrogen-bond acceptors (Lipinski definition) is 4. The molecule has 1 atom stereocenters. The molecule has 1 aliphatic heterocycles. The lowest BCUT2D eigenvalue weighted by Gasteiger charge is -2.23. The van der Waals surface area contributed by atoms with Gasteiger partial charge in [-0.05, 0) is 49.9 Å². The van der Waals surface area contributed by atoms with Gasteiger partial charge in [0.25, 0.3) is 0 Å². The molecule has 7 heteroatoms. The van der Waals surface area contributed by atoms with Crippen LogP contribution in [0.5, 0.6) is 0 Å². The number of nitrogens with zero attached hydrogens (tertiary/aromatic N) is 1. The maximum atomic E-state index is 12.1. The highest BCUT2D eigenvalue weighted by atomic mass is 32.2. The SMILES string of the molecule is Cc1cc(C)cc(N(CCC(=O)NCC2CCCO2)S(C)(=O)=O)c1. The highest BCUT2D eigenvalue weighted by Crippen LogP contribution is 2.21. The molecule has 0 spiro atoms. The number of benzene rings is 1. The summed E-state index contributed by atoms with van der Waals surface area (Å²) in [7, 11) is -3.45. The predicted molar refractivity (Wildman–Crippen MR) is 94.7 cm³/mol. The number of amides is 1. The maximum absolute atomic E-state index is 12.1. The van der Waals surface area contributed by atoms with Crippen molar-refractivity contribution in [1.82, 2.24) is 5.32 Å². The van der Waals surface area contributed by atoms with Crippen LogP contribution in [-0.2, 0) is 19.6 Å². The lowest BCUT2D eigenvalue weighted by Crippen LogP contribution is -2.37. The molecule has 1 unspecified atom stereocenters. The summed E-state index contributed by atoms with van der Waals surface area (Å²) < 4.78 is 31.0. The fourth-order valence-electron chi connectivity index (χ4n) is 2.91. The van der Waals surface area contributed by atoms with Crippen molar-refractivity contribution in [2.24, 2.45) is 0 Å². The number of ether oxygens (including phenoxy) is 1. The Labute approximate surface area is 144 Å². The number of hydrogen-bond donors (Lipinski definition) is 1. The fraction of sp³-hybridized carbons (Fsp3) is 0.588. The molecule has 0 saturated carbocycles. The Morgan fingerprint density at radius 1 is 1.29 bits per heavy atom. The van der Waals surface area contributed by atoms with E-state index >= 15 is 0 Å². The first-order chi connectivity index (χ1) is 11.3. The molecular formula is C17H26N2O4S. The van der Waals surface area contributed by atoms with Gasteiger partial charge in [0.2, 0.25) is 15.9 Å². The molecule has 1 aromatic carbocycles. The molecule has 24 heavy (non-hydrogen) atoms. The van der Waals surface area contributed by atoms with Crippen LogP contribution in [0.2, 0.25) is 0 Å². The summed E-state index contributed by atoms with van der Waals surface area (Å²) in [6, 6.07) is 5.62. The minimum absolute atomic E-state index is 0.0828. The zero-order valence-electron chi connectivity index (χ0n) is 14.5. The molecule has 1 N–H and O–H groups in total. The van der Waals surface area contributed by atoms with Gasteiger partial charge in [0.15, 0.2) is 0 Å². The van der Waals surface area contributed by atoms with Gasteiger partial charge in [-0.15, -0.1) is 0 Å². The first-order valence-corrected chi connectivity index (χ1v) is 10.0. The Balaban J connectivity index is 1.97. The molecule has 2 rings (SSSR count). The third-order valence-electron chi connectivity index (χ3n) is 3.99. The summed E-state index contributed by atoms with van der Waals surface area (Å²) in [5.41, 5.74) is 2.57. The molecule has 134 valence electrons. The Morgan fingerprint density at radius 3 is 2.50 bits per heavy atom. The summed E-state index contributed by atoms with van der Waals surface area (Å²) in [5.74, 6) is -0.163. The van der Waals surface area contributed by atoms with Gasteiger partial charge in [-0.25, -0.2) is 8.42 Å². The van der Waals surface area contributed by atoms with Crippen molar-refractivity contribution in [3.05, 3.63) is 29.3 Å². The van der Waals surface area contributed by atoms with E-state index in [4.69, 9.17) is 4.74 Å². The van der Waals surface area contributed by atoms with E-state index in [1.807, 2.05) is 32.0 Å². The highest BCUT2D eigenvalue weighted by molar-refractivity contribution is 7.92. The van der Waals surface area contributed by atoms with Crippen LogP contribution in [0.4, 0.5) is 5.69 Å². The van der Waals surface area contributed by atoms with E-state index in [0.717, 1.165) is 36.8 Å². The fourth-order valence-corrected chi connectivity index (χ4v) is 3.82. The smallest absolute Gasteiger partial charge is 0.232 e. The number of aryl methyl sites for hydroxylation is 2. The van der Waals surface area contributed by atoms with Crippen LogP contribution in [0.3, 0.4) is 0 Å². The molecule has 1 heterocycles. The summed E-state index contributed by atoms with van der Waals surface area (Å²) in [6.07, 6.45) is 3.34. The number of carbonyl (C=O) groups is 1. The molecule has 0 aromatic heterocycles. The average molecular weight is 354 g/mol. The zero-order chi connectivity index (χ0) is 17.7. The van der Waals surface area contributed by atoms with E-state index < -0.39 is 10.0 Å². The molecule has 6 nitrogen and oxygen atoms in total. The van der Waals surface area contributed by atoms with Gasteiger partial charge in [-0.3, -0.25) is 9.10 Å². The van der Waals surface area contributed by atoms with Crippen molar-refractivity contribution in [1.29, 1.82) is 0 Å². The minimum Gasteiger partial charge on any atom is -0.376 e. The molecule has 0 aliphatic carbocycles. The van der Waals surface area contributed by atoms with Crippen LogP contribution in [0, 0.1) is 13.8 Å². The Hall–Kier alpha value is -1.60. The third kappa shape index (κ3) is 5.49. The third-order valence-corrected chi connectivity index (χ3v) is 5.18. The van der Waals surface area contributed by atoms with E-state index in [2.05, 4.69) is 5.32 Å². The van der Waals surface area contributed by atoms with Crippen LogP contribution in [0.25, 0.3) is 0 Å². The molecule has 1 aromatic rings. The summed E-state index contributed by atoms with van der Waals surface area (Å²) in [6.45, 7) is 5.20. The highest BCUT2D eigenvalue weighted by Gasteiger charge is 2.20. The number of nitrogens with one attached hydrogen (secondary N) is 1. The van der Waals surface area contributed by atoms with Crippen molar-refractivity contribution in [2.75, 3.05) is 30.3 Å². The van der Waals surface area contributed by atoms with Crippen LogP contribution in [0.15, 0.2) is 18.2 Å². The van der Waals surface area contributed by atoms with Crippen molar-refractivity contribution < 1.29 is 17.9 Å². The standard InChI is InChI=1S/C17H26N2O4S/c1-13-9-14(2)11-15(10-13)19(24(3,21)22)7-6-17(20)18-12-16-5-4-8-23-16/h9-11,16H,4-8,12H2,1-3H3,(H,18,20). The minimum atomic E-state index is -3.45. The second kappa shape index (κ2) is 7.98. The molecule has 0 radical (unpaired) electrons. The van der Waals surface area contributed by atoms with Crippen LogP contribution < -0.4 is 9.62 Å². The topological polar surface area (TPSA) is 75.7 Å². The lowest BCUT2D eigenvalue weighted by atomic mass is 10.1. The van der Waals surface area contributed by atoms with Gasteiger partial charge in [0.1, 0.15) is 0 Å². The number of anilines is 1. The van der Waals surface area contributed by atoms with E-state index in [-0.39, 0.29) is 25.0 Å². The molecule has 0 bridgehead atoms. The quantitative estimate of drug-likeness (QED) is 0.809. The van der Waals surface area contributed by atoms with Gasteiger partial charge < -0.3 is 10.1 Å². The van der Waals surface area contributed by atoms with Gasteiger partial charge in [-0.2, -0.15) is 0 Å². The lowest BCUT2D eigenvalue weighted by molar-refractivity contribution is -0.121. The van der Waals surface area contributed by atoms with Crippen molar-refractivity contribution in [2.45, 2.75) is 39.2 Å². The molecule has 1 aliphatic rings. The second-order valence-corrected chi connectivity index (χ2v) is 8.28. The van der Waals surface area contributed by atoms with Gasteiger partial charge in [-0.1, -0.05) is 6.07 Å². The molecular weight excluding hydrogens is 328 g/mol. The van der Waals surface area contributed by atoms with E-state index in [9.17, 15) is 13.2 Å². The van der Waals surface area contributed by atoms with Crippen LogP contribution in [-0.4, -0.2) is 46.4 Å². The predicted octanol–water partition coefficient (Wildman–Crippen LogP) is 1.75. The maximum Gasteiger partial charge on any atom is 0.232 e. The summed E-state index contributed by atoms with van der Waals surface area (Å²) >= 11 is 0. The monoisotopic (exact) mass is 354 g/mol. The number of rotatable bonds is 7. The van der Waals surface area contributed by atoms with Crippen molar-refractivity contribution in [3.8, 4) is 0 Å². The zero-order valence-corrected chi connectivity index (χ0v) is 15.4. The Morgan fingerprint density at radius 2 is 1.96 bits per heavy atom. The van der Waals surface area contributed by atoms with Crippen molar-refractivity contribution in [3.63, 3.8) is 0 Å². The number of carbonyl (C=O) groups excluding carboxylic acids is 1. The first-order valence-electron chi connectivity index (χ1n) is 8.20. The van der Waals surface area contributed by atoms with E-state index in [1.54, 1.807) is 0 Å². The van der Waals surface area contributed by atoms with Crippen LogP contribution >= 0.6 is 0 Å².